The van der Waals surface area contributed by atoms with E-state index in [1.807, 2.05) is 37.3 Å². The number of aryl methyl sites for hydroxylation is 3. The Morgan fingerprint density at radius 2 is 1.74 bits per heavy atom. The summed E-state index contributed by atoms with van der Waals surface area (Å²) in [5.41, 5.74) is 2.32. The molecule has 0 N–H and O–H groups in total. The maximum atomic E-state index is 12.3. The highest BCUT2D eigenvalue weighted by atomic mass is 16.2. The van der Waals surface area contributed by atoms with Crippen molar-refractivity contribution >= 4 is 23.3 Å². The number of nitrogens with zero attached hydrogens (tertiary/aromatic N) is 4. The maximum absolute atomic E-state index is 12.3. The van der Waals surface area contributed by atoms with E-state index in [0.717, 1.165) is 10.1 Å². The van der Waals surface area contributed by atoms with E-state index in [0.29, 0.717) is 17.0 Å². The van der Waals surface area contributed by atoms with Crippen molar-refractivity contribution in [3.63, 3.8) is 0 Å². The second-order valence-corrected chi connectivity index (χ2v) is 5.65. The first-order valence-corrected chi connectivity index (χ1v) is 7.27. The zero-order valence-electron chi connectivity index (χ0n) is 13.6. The van der Waals surface area contributed by atoms with Crippen molar-refractivity contribution < 1.29 is 0 Å². The highest BCUT2D eigenvalue weighted by Gasteiger charge is 2.15. The Morgan fingerprint density at radius 1 is 1.00 bits per heavy atom. The molecule has 118 valence electrons. The van der Waals surface area contributed by atoms with Crippen LogP contribution in [0.15, 0.2) is 33.9 Å². The van der Waals surface area contributed by atoms with Gasteiger partial charge in [-0.25, -0.2) is 9.78 Å². The van der Waals surface area contributed by atoms with Crippen LogP contribution in [0.25, 0.3) is 23.3 Å². The van der Waals surface area contributed by atoms with E-state index < -0.39 is 0 Å². The number of hydrogen-bond acceptors (Lipinski definition) is 3. The summed E-state index contributed by atoms with van der Waals surface area (Å²) in [5.74, 6) is 0.625. The zero-order chi connectivity index (χ0) is 16.7. The average Bonchev–Trinajstić information content (AvgIpc) is 2.86. The topological polar surface area (TPSA) is 61.8 Å². The van der Waals surface area contributed by atoms with E-state index in [-0.39, 0.29) is 11.2 Å². The van der Waals surface area contributed by atoms with E-state index >= 15 is 0 Å². The lowest BCUT2D eigenvalue weighted by Gasteiger charge is -2.03. The van der Waals surface area contributed by atoms with Crippen molar-refractivity contribution in [2.24, 2.45) is 21.1 Å². The summed E-state index contributed by atoms with van der Waals surface area (Å²) in [6.45, 7) is 2.03. The molecule has 0 saturated carbocycles. The first kappa shape index (κ1) is 15.0. The van der Waals surface area contributed by atoms with Crippen LogP contribution < -0.4 is 11.2 Å². The summed E-state index contributed by atoms with van der Waals surface area (Å²) in [6, 6.07) is 8.09. The third-order valence-electron chi connectivity index (χ3n) is 3.98. The van der Waals surface area contributed by atoms with Gasteiger partial charge in [-0.2, -0.15) is 0 Å². The molecule has 23 heavy (non-hydrogen) atoms. The van der Waals surface area contributed by atoms with Crippen LogP contribution in [-0.2, 0) is 21.1 Å². The average molecular weight is 310 g/mol. The molecule has 0 fully saturated rings. The second-order valence-electron chi connectivity index (χ2n) is 5.65. The molecule has 0 aliphatic rings. The Kier molecular flexibility index (Phi) is 3.52. The van der Waals surface area contributed by atoms with Gasteiger partial charge in [0, 0.05) is 21.1 Å². The van der Waals surface area contributed by atoms with Gasteiger partial charge < -0.3 is 4.57 Å². The first-order valence-electron chi connectivity index (χ1n) is 7.27. The van der Waals surface area contributed by atoms with Gasteiger partial charge in [-0.1, -0.05) is 35.9 Å². The van der Waals surface area contributed by atoms with Gasteiger partial charge >= 0.3 is 5.69 Å². The van der Waals surface area contributed by atoms with Crippen LogP contribution in [0.2, 0.25) is 0 Å². The molecule has 2 aromatic heterocycles. The van der Waals surface area contributed by atoms with Crippen LogP contribution in [-0.4, -0.2) is 18.7 Å². The fourth-order valence-electron chi connectivity index (χ4n) is 2.63. The van der Waals surface area contributed by atoms with Crippen LogP contribution in [0.4, 0.5) is 0 Å². The highest BCUT2D eigenvalue weighted by Crippen LogP contribution is 2.13. The Balaban J connectivity index is 2.19. The molecule has 3 rings (SSSR count). The normalized spacial score (nSPS) is 11.7. The van der Waals surface area contributed by atoms with Crippen LogP contribution in [0.5, 0.6) is 0 Å². The van der Waals surface area contributed by atoms with Gasteiger partial charge in [0.25, 0.3) is 5.56 Å². The van der Waals surface area contributed by atoms with E-state index in [1.54, 1.807) is 18.7 Å². The molecular weight excluding hydrogens is 292 g/mol. The minimum Gasteiger partial charge on any atom is -0.322 e. The van der Waals surface area contributed by atoms with Crippen LogP contribution >= 0.6 is 0 Å². The quantitative estimate of drug-likeness (QED) is 0.720. The molecule has 0 radical (unpaired) electrons. The summed E-state index contributed by atoms with van der Waals surface area (Å²) in [6.07, 6.45) is 3.79. The molecule has 0 unspecified atom stereocenters. The van der Waals surface area contributed by atoms with Crippen molar-refractivity contribution in [2.75, 3.05) is 0 Å². The summed E-state index contributed by atoms with van der Waals surface area (Å²) in [5, 5.41) is 0. The summed E-state index contributed by atoms with van der Waals surface area (Å²) in [4.78, 5) is 28.8. The summed E-state index contributed by atoms with van der Waals surface area (Å²) < 4.78 is 4.20. The third-order valence-corrected chi connectivity index (χ3v) is 3.98. The molecule has 0 atom stereocenters. The van der Waals surface area contributed by atoms with Gasteiger partial charge in [0.2, 0.25) is 0 Å². The second kappa shape index (κ2) is 5.39. The zero-order valence-corrected chi connectivity index (χ0v) is 13.6. The van der Waals surface area contributed by atoms with Crippen molar-refractivity contribution in [3.05, 3.63) is 62.1 Å². The summed E-state index contributed by atoms with van der Waals surface area (Å²) in [7, 11) is 4.86. The number of imidazole rings is 1. The van der Waals surface area contributed by atoms with Gasteiger partial charge in [-0.3, -0.25) is 13.9 Å². The van der Waals surface area contributed by atoms with Crippen LogP contribution in [0, 0.1) is 6.92 Å². The van der Waals surface area contributed by atoms with E-state index in [2.05, 4.69) is 11.1 Å². The van der Waals surface area contributed by atoms with Gasteiger partial charge in [-0.05, 0) is 18.6 Å². The van der Waals surface area contributed by atoms with E-state index in [1.165, 1.54) is 17.2 Å². The Labute approximate surface area is 132 Å². The molecule has 0 bridgehead atoms. The van der Waals surface area contributed by atoms with Crippen LogP contribution in [0.1, 0.15) is 17.0 Å². The number of rotatable bonds is 2. The number of hydrogen-bond donors (Lipinski definition) is 0. The smallest absolute Gasteiger partial charge is 0.322 e. The number of fused-ring (bicyclic) bond motifs is 1. The monoisotopic (exact) mass is 310 g/mol. The molecule has 2 heterocycles. The first-order chi connectivity index (χ1) is 10.9. The molecule has 0 aliphatic heterocycles. The molecule has 0 spiro atoms. The fourth-order valence-corrected chi connectivity index (χ4v) is 2.63. The number of aromatic nitrogens is 4. The molecule has 1 aromatic carbocycles. The molecule has 6 nitrogen and oxygen atoms in total. The third kappa shape index (κ3) is 2.42. The predicted molar refractivity (Wildman–Crippen MR) is 91.3 cm³/mol. The summed E-state index contributed by atoms with van der Waals surface area (Å²) >= 11 is 0. The lowest BCUT2D eigenvalue weighted by atomic mass is 10.1. The lowest BCUT2D eigenvalue weighted by molar-refractivity contribution is 0.705. The largest absolute Gasteiger partial charge is 0.332 e. The van der Waals surface area contributed by atoms with Gasteiger partial charge in [0.15, 0.2) is 11.2 Å². The van der Waals surface area contributed by atoms with Crippen molar-refractivity contribution in [1.82, 2.24) is 18.7 Å². The molecule has 0 saturated heterocycles. The fraction of sp³-hybridized carbons (Fsp3) is 0.235. The van der Waals surface area contributed by atoms with E-state index in [9.17, 15) is 9.59 Å². The Bertz CT molecular complexity index is 1050. The van der Waals surface area contributed by atoms with Crippen molar-refractivity contribution in [3.8, 4) is 0 Å². The Morgan fingerprint density at radius 3 is 2.43 bits per heavy atom. The molecule has 3 aromatic rings. The van der Waals surface area contributed by atoms with Crippen molar-refractivity contribution in [2.45, 2.75) is 6.92 Å². The molecule has 0 aliphatic carbocycles. The predicted octanol–water partition coefficient (Wildman–Crippen LogP) is 1.45. The highest BCUT2D eigenvalue weighted by molar-refractivity contribution is 5.76. The van der Waals surface area contributed by atoms with Crippen LogP contribution in [0.3, 0.4) is 0 Å². The van der Waals surface area contributed by atoms with Gasteiger partial charge in [0.1, 0.15) is 5.82 Å². The van der Waals surface area contributed by atoms with Gasteiger partial charge in [-0.15, -0.1) is 0 Å². The molecule has 0 amide bonds. The van der Waals surface area contributed by atoms with E-state index in [4.69, 9.17) is 0 Å². The maximum Gasteiger partial charge on any atom is 0.332 e. The Hall–Kier alpha value is -2.89. The standard InChI is InChI=1S/C17H18N4O2/c1-11-6-5-7-12(10-11)8-9-13-18-15-14(19(13)2)16(22)21(4)17(23)20(15)3/h5-10H,1-4H3/b9-8+. The minimum absolute atomic E-state index is 0.340. The molecular formula is C17H18N4O2. The molecule has 6 heteroatoms. The number of benzene rings is 1. The SMILES string of the molecule is Cc1cccc(/C=C/c2nc3c(c(=O)n(C)c(=O)n3C)n2C)c1. The lowest BCUT2D eigenvalue weighted by Crippen LogP contribution is -2.37. The van der Waals surface area contributed by atoms with Gasteiger partial charge in [0.05, 0.1) is 0 Å². The minimum atomic E-state index is -0.380. The van der Waals surface area contributed by atoms with Crippen molar-refractivity contribution in [1.29, 1.82) is 0 Å².